The number of rotatable bonds is 2. The molecule has 0 aromatic carbocycles. The van der Waals surface area contributed by atoms with E-state index in [4.69, 9.17) is 9.84 Å². The van der Waals surface area contributed by atoms with Crippen molar-refractivity contribution in [2.24, 2.45) is 5.41 Å². The smallest absolute Gasteiger partial charge is 0.337 e. The van der Waals surface area contributed by atoms with E-state index in [2.05, 4.69) is 4.74 Å². The monoisotopic (exact) mass is 364 g/mol. The van der Waals surface area contributed by atoms with Crippen molar-refractivity contribution in [2.45, 2.75) is 65.1 Å². The lowest BCUT2D eigenvalue weighted by Gasteiger charge is -2.50. The third kappa shape index (κ3) is 3.56. The van der Waals surface area contributed by atoms with E-state index < -0.39 is 17.7 Å². The van der Waals surface area contributed by atoms with Gasteiger partial charge in [0.2, 0.25) is 0 Å². The maximum atomic E-state index is 12.0. The minimum atomic E-state index is -0.938. The molecule has 0 aromatic rings. The van der Waals surface area contributed by atoms with Gasteiger partial charge in [0.1, 0.15) is 12.7 Å². The highest BCUT2D eigenvalue weighted by molar-refractivity contribution is 5.89. The summed E-state index contributed by atoms with van der Waals surface area (Å²) >= 11 is 0. The van der Waals surface area contributed by atoms with Crippen LogP contribution in [0.4, 0.5) is 0 Å². The Balaban J connectivity index is 0.000000290. The van der Waals surface area contributed by atoms with Gasteiger partial charge in [0.05, 0.1) is 11.8 Å². The van der Waals surface area contributed by atoms with Crippen LogP contribution in [-0.2, 0) is 19.1 Å². The van der Waals surface area contributed by atoms with E-state index in [9.17, 15) is 14.7 Å². The van der Waals surface area contributed by atoms with Crippen molar-refractivity contribution in [3.63, 3.8) is 0 Å². The standard InChI is InChI=1S/C15H22O4.C5H6O2/c1-10(9-16)13(18)19-15-11(6-7-12(15)17)5-4-8-14(15,2)3;1-4-2-3-7-5(4)6/h6,9,12,16-17H,4-5,7-8H2,1-3H3;2H,3H2,1H3/b10-9+;/t12-,15?;/m1./s1. The minimum absolute atomic E-state index is 0.147. The second-order valence-electron chi connectivity index (χ2n) is 7.64. The van der Waals surface area contributed by atoms with Gasteiger partial charge in [-0.25, -0.2) is 9.59 Å². The Kier molecular flexibility index (Phi) is 5.96. The summed E-state index contributed by atoms with van der Waals surface area (Å²) in [5.41, 5.74) is 0.648. The molecule has 2 atom stereocenters. The van der Waals surface area contributed by atoms with Gasteiger partial charge in [-0.15, -0.1) is 0 Å². The van der Waals surface area contributed by atoms with Crippen LogP contribution in [0.1, 0.15) is 53.4 Å². The van der Waals surface area contributed by atoms with E-state index in [1.54, 1.807) is 13.0 Å². The molecule has 2 aliphatic carbocycles. The molecule has 0 radical (unpaired) electrons. The second-order valence-corrected chi connectivity index (χ2v) is 7.64. The van der Waals surface area contributed by atoms with Gasteiger partial charge in [0.15, 0.2) is 5.60 Å². The van der Waals surface area contributed by atoms with Gasteiger partial charge in [0, 0.05) is 11.0 Å². The Morgan fingerprint density at radius 1 is 1.38 bits per heavy atom. The molecule has 6 heteroatoms. The highest BCUT2D eigenvalue weighted by Gasteiger charge is 2.59. The van der Waals surface area contributed by atoms with E-state index in [0.29, 0.717) is 13.0 Å². The minimum Gasteiger partial charge on any atom is -0.515 e. The van der Waals surface area contributed by atoms with E-state index in [1.165, 1.54) is 6.92 Å². The largest absolute Gasteiger partial charge is 0.515 e. The number of aliphatic hydroxyl groups is 2. The molecule has 1 unspecified atom stereocenters. The number of cyclic esters (lactones) is 1. The molecular weight excluding hydrogens is 336 g/mol. The Labute approximate surface area is 154 Å². The summed E-state index contributed by atoms with van der Waals surface area (Å²) in [4.78, 5) is 22.3. The van der Waals surface area contributed by atoms with Gasteiger partial charge >= 0.3 is 11.9 Å². The van der Waals surface area contributed by atoms with Crippen LogP contribution < -0.4 is 0 Å². The van der Waals surface area contributed by atoms with Crippen molar-refractivity contribution in [3.8, 4) is 0 Å². The number of ether oxygens (including phenoxy) is 2. The molecule has 2 N–H and O–H groups in total. The number of hydrogen-bond donors (Lipinski definition) is 2. The van der Waals surface area contributed by atoms with Crippen molar-refractivity contribution >= 4 is 11.9 Å². The molecule has 1 heterocycles. The zero-order valence-corrected chi connectivity index (χ0v) is 15.9. The van der Waals surface area contributed by atoms with Crippen molar-refractivity contribution in [1.29, 1.82) is 0 Å². The topological polar surface area (TPSA) is 93.1 Å². The number of carbonyl (C=O) groups excluding carboxylic acids is 2. The summed E-state index contributed by atoms with van der Waals surface area (Å²) < 4.78 is 10.2. The van der Waals surface area contributed by atoms with Crippen LogP contribution in [0.25, 0.3) is 0 Å². The third-order valence-electron chi connectivity index (χ3n) is 5.48. The van der Waals surface area contributed by atoms with Crippen LogP contribution in [0.5, 0.6) is 0 Å². The maximum absolute atomic E-state index is 12.0. The Morgan fingerprint density at radius 3 is 2.58 bits per heavy atom. The zero-order chi connectivity index (χ0) is 19.5. The number of hydrogen-bond acceptors (Lipinski definition) is 6. The molecule has 0 bridgehead atoms. The van der Waals surface area contributed by atoms with Crippen molar-refractivity contribution < 1.29 is 29.3 Å². The SMILES string of the molecule is C/C(=C\O)C(=O)OC12C(=CC[C@H]1O)CCCC2(C)C.CC1=CCOC1=O. The van der Waals surface area contributed by atoms with Crippen LogP contribution >= 0.6 is 0 Å². The van der Waals surface area contributed by atoms with Crippen LogP contribution in [0, 0.1) is 5.41 Å². The maximum Gasteiger partial charge on any atom is 0.337 e. The fourth-order valence-corrected chi connectivity index (χ4v) is 3.86. The van der Waals surface area contributed by atoms with Crippen LogP contribution in [0.3, 0.4) is 0 Å². The van der Waals surface area contributed by atoms with Crippen LogP contribution in [-0.4, -0.2) is 40.5 Å². The Bertz CT molecular complexity index is 670. The number of aliphatic hydroxyl groups excluding tert-OH is 2. The number of fused-ring (bicyclic) bond motifs is 1. The molecule has 0 aromatic heterocycles. The van der Waals surface area contributed by atoms with Crippen LogP contribution in [0.2, 0.25) is 0 Å². The molecule has 0 saturated heterocycles. The molecule has 1 aliphatic heterocycles. The van der Waals surface area contributed by atoms with Gasteiger partial charge in [-0.1, -0.05) is 19.9 Å². The molecule has 0 amide bonds. The molecule has 1 fully saturated rings. The molecule has 3 aliphatic rings. The first-order chi connectivity index (χ1) is 12.2. The Hall–Kier alpha value is -2.08. The third-order valence-corrected chi connectivity index (χ3v) is 5.48. The van der Waals surface area contributed by atoms with Crippen molar-refractivity contribution in [3.05, 3.63) is 35.1 Å². The average molecular weight is 364 g/mol. The lowest BCUT2D eigenvalue weighted by Crippen LogP contribution is -2.57. The molecule has 1 saturated carbocycles. The van der Waals surface area contributed by atoms with Gasteiger partial charge < -0.3 is 19.7 Å². The van der Waals surface area contributed by atoms with E-state index in [1.807, 2.05) is 19.9 Å². The van der Waals surface area contributed by atoms with Gasteiger partial charge in [-0.05, 0) is 51.2 Å². The summed E-state index contributed by atoms with van der Waals surface area (Å²) in [6.07, 6.45) is 7.13. The van der Waals surface area contributed by atoms with Gasteiger partial charge in [0.25, 0.3) is 0 Å². The van der Waals surface area contributed by atoms with E-state index in [0.717, 1.165) is 36.7 Å². The summed E-state index contributed by atoms with van der Waals surface area (Å²) in [5.74, 6) is -0.746. The number of esters is 2. The van der Waals surface area contributed by atoms with Crippen LogP contribution in [0.15, 0.2) is 35.1 Å². The molecule has 144 valence electrons. The predicted molar refractivity (Wildman–Crippen MR) is 96.3 cm³/mol. The fourth-order valence-electron chi connectivity index (χ4n) is 3.86. The number of carbonyl (C=O) groups is 2. The predicted octanol–water partition coefficient (Wildman–Crippen LogP) is 3.12. The van der Waals surface area contributed by atoms with Crippen molar-refractivity contribution in [2.75, 3.05) is 6.61 Å². The first-order valence-corrected chi connectivity index (χ1v) is 8.91. The molecular formula is C20H28O6. The highest BCUT2D eigenvalue weighted by atomic mass is 16.6. The lowest BCUT2D eigenvalue weighted by atomic mass is 9.62. The van der Waals surface area contributed by atoms with E-state index >= 15 is 0 Å². The second kappa shape index (κ2) is 7.66. The summed E-state index contributed by atoms with van der Waals surface area (Å²) in [6.45, 7) is 7.76. The first-order valence-electron chi connectivity index (χ1n) is 8.91. The average Bonchev–Trinajstić information content (AvgIpc) is 3.12. The van der Waals surface area contributed by atoms with Gasteiger partial charge in [-0.3, -0.25) is 0 Å². The normalized spacial score (nSPS) is 29.7. The summed E-state index contributed by atoms with van der Waals surface area (Å²) in [7, 11) is 0. The van der Waals surface area contributed by atoms with Gasteiger partial charge in [-0.2, -0.15) is 0 Å². The Morgan fingerprint density at radius 2 is 2.08 bits per heavy atom. The molecule has 6 nitrogen and oxygen atoms in total. The summed E-state index contributed by atoms with van der Waals surface area (Å²) in [5, 5.41) is 19.3. The highest BCUT2D eigenvalue weighted by Crippen LogP contribution is 2.55. The first kappa shape index (κ1) is 20.2. The zero-order valence-electron chi connectivity index (χ0n) is 15.9. The molecule has 0 spiro atoms. The van der Waals surface area contributed by atoms with Crippen molar-refractivity contribution in [1.82, 2.24) is 0 Å². The summed E-state index contributed by atoms with van der Waals surface area (Å²) in [6, 6.07) is 0. The molecule has 26 heavy (non-hydrogen) atoms. The lowest BCUT2D eigenvalue weighted by molar-refractivity contribution is -0.184. The molecule has 3 rings (SSSR count). The fraction of sp³-hybridized carbons (Fsp3) is 0.600. The quantitative estimate of drug-likeness (QED) is 0.338. The van der Waals surface area contributed by atoms with E-state index in [-0.39, 0.29) is 17.0 Å².